The van der Waals surface area contributed by atoms with Crippen molar-refractivity contribution in [2.24, 2.45) is 0 Å². The van der Waals surface area contributed by atoms with E-state index in [9.17, 15) is 9.18 Å². The Kier molecular flexibility index (Phi) is 5.77. The Morgan fingerprint density at radius 3 is 3.00 bits per heavy atom. The number of hydrogen-bond donors (Lipinski definition) is 1. The Hall–Kier alpha value is -2.08. The normalized spacial score (nSPS) is 10.5. The van der Waals surface area contributed by atoms with E-state index >= 15 is 0 Å². The summed E-state index contributed by atoms with van der Waals surface area (Å²) in [6, 6.07) is 5.71. The molecular weight excluding hydrogens is 309 g/mol. The van der Waals surface area contributed by atoms with Crippen LogP contribution in [0.2, 0.25) is 5.02 Å². The molecule has 118 valence electrons. The molecular formula is C15H17ClFN3O2. The van der Waals surface area contributed by atoms with Crippen molar-refractivity contribution in [2.45, 2.75) is 26.5 Å². The average Bonchev–Trinajstić information content (AvgIpc) is 2.98. The summed E-state index contributed by atoms with van der Waals surface area (Å²) < 4.78 is 19.9. The van der Waals surface area contributed by atoms with E-state index < -0.39 is 5.82 Å². The Labute approximate surface area is 133 Å². The fourth-order valence-electron chi connectivity index (χ4n) is 1.73. The summed E-state index contributed by atoms with van der Waals surface area (Å²) in [5.41, 5.74) is 0.330. The molecule has 0 aliphatic carbocycles. The number of nitrogens with zero attached hydrogens (tertiary/aromatic N) is 2. The number of carbonyl (C=O) groups excluding carboxylic acids is 1. The summed E-state index contributed by atoms with van der Waals surface area (Å²) in [5.74, 6) is -0.285. The van der Waals surface area contributed by atoms with Gasteiger partial charge in [-0.25, -0.2) is 9.07 Å². The van der Waals surface area contributed by atoms with Gasteiger partial charge in [0.25, 0.3) is 5.91 Å². The number of unbranched alkanes of at least 4 members (excludes halogenated alkanes) is 1. The maximum absolute atomic E-state index is 13.0. The molecule has 0 unspecified atom stereocenters. The third kappa shape index (κ3) is 4.46. The SMILES string of the molecule is CCCCNC(=O)c1ccn(COc2ccc(F)c(Cl)c2)n1. The topological polar surface area (TPSA) is 56.2 Å². The summed E-state index contributed by atoms with van der Waals surface area (Å²) in [6.07, 6.45) is 3.59. The number of aromatic nitrogens is 2. The largest absolute Gasteiger partial charge is 0.471 e. The van der Waals surface area contributed by atoms with Crippen molar-refractivity contribution >= 4 is 17.5 Å². The summed E-state index contributed by atoms with van der Waals surface area (Å²) in [6.45, 7) is 2.79. The number of hydrogen-bond acceptors (Lipinski definition) is 3. The van der Waals surface area contributed by atoms with Crippen molar-refractivity contribution < 1.29 is 13.9 Å². The Bertz CT molecular complexity index is 645. The monoisotopic (exact) mass is 325 g/mol. The summed E-state index contributed by atoms with van der Waals surface area (Å²) in [4.78, 5) is 11.8. The van der Waals surface area contributed by atoms with Gasteiger partial charge in [-0.05, 0) is 24.6 Å². The smallest absolute Gasteiger partial charge is 0.271 e. The first-order valence-electron chi connectivity index (χ1n) is 6.99. The molecule has 2 aromatic rings. The highest BCUT2D eigenvalue weighted by Crippen LogP contribution is 2.21. The van der Waals surface area contributed by atoms with Crippen molar-refractivity contribution in [3.8, 4) is 5.75 Å². The molecule has 0 spiro atoms. The van der Waals surface area contributed by atoms with Gasteiger partial charge in [0.15, 0.2) is 6.73 Å². The highest BCUT2D eigenvalue weighted by molar-refractivity contribution is 6.30. The lowest BCUT2D eigenvalue weighted by molar-refractivity contribution is 0.0946. The Morgan fingerprint density at radius 1 is 1.45 bits per heavy atom. The predicted molar refractivity (Wildman–Crippen MR) is 81.5 cm³/mol. The molecule has 0 bridgehead atoms. The van der Waals surface area contributed by atoms with Crippen LogP contribution < -0.4 is 10.1 Å². The van der Waals surface area contributed by atoms with E-state index in [1.54, 1.807) is 12.3 Å². The summed E-state index contributed by atoms with van der Waals surface area (Å²) in [5, 5.41) is 6.90. The van der Waals surface area contributed by atoms with Gasteiger partial charge in [-0.3, -0.25) is 4.79 Å². The van der Waals surface area contributed by atoms with Gasteiger partial charge >= 0.3 is 0 Å². The zero-order valence-electron chi connectivity index (χ0n) is 12.2. The minimum absolute atomic E-state index is 0.00560. The molecule has 0 fully saturated rings. The maximum atomic E-state index is 13.0. The number of rotatable bonds is 7. The van der Waals surface area contributed by atoms with Gasteiger partial charge in [-0.15, -0.1) is 0 Å². The number of benzene rings is 1. The Balaban J connectivity index is 1.88. The van der Waals surface area contributed by atoms with Gasteiger partial charge in [0.2, 0.25) is 0 Å². The van der Waals surface area contributed by atoms with Crippen LogP contribution in [-0.2, 0) is 6.73 Å². The molecule has 1 N–H and O–H groups in total. The van der Waals surface area contributed by atoms with Crippen molar-refractivity contribution in [1.29, 1.82) is 0 Å². The van der Waals surface area contributed by atoms with Crippen LogP contribution in [0.3, 0.4) is 0 Å². The van der Waals surface area contributed by atoms with E-state index in [4.69, 9.17) is 16.3 Å². The second-order valence-corrected chi connectivity index (χ2v) is 5.11. The van der Waals surface area contributed by atoms with Crippen molar-refractivity contribution in [3.05, 3.63) is 47.0 Å². The lowest BCUT2D eigenvalue weighted by Crippen LogP contribution is -2.25. The van der Waals surface area contributed by atoms with Crippen molar-refractivity contribution in [2.75, 3.05) is 6.54 Å². The molecule has 22 heavy (non-hydrogen) atoms. The highest BCUT2D eigenvalue weighted by atomic mass is 35.5. The molecule has 0 aliphatic heterocycles. The highest BCUT2D eigenvalue weighted by Gasteiger charge is 2.09. The number of nitrogens with one attached hydrogen (secondary N) is 1. The number of amides is 1. The standard InChI is InChI=1S/C15H17ClFN3O2/c1-2-3-7-18-15(21)14-6-8-20(19-14)10-22-11-4-5-13(17)12(16)9-11/h4-6,8-9H,2-3,7,10H2,1H3,(H,18,21). The van der Waals surface area contributed by atoms with Gasteiger partial charge in [0.05, 0.1) is 5.02 Å². The maximum Gasteiger partial charge on any atom is 0.271 e. The van der Waals surface area contributed by atoms with Gasteiger partial charge in [-0.1, -0.05) is 24.9 Å². The minimum atomic E-state index is -0.501. The second kappa shape index (κ2) is 7.79. The van der Waals surface area contributed by atoms with Crippen LogP contribution in [0.4, 0.5) is 4.39 Å². The Morgan fingerprint density at radius 2 is 2.27 bits per heavy atom. The van der Waals surface area contributed by atoms with E-state index in [0.717, 1.165) is 12.8 Å². The molecule has 0 saturated heterocycles. The van der Waals surface area contributed by atoms with Crippen LogP contribution in [0.1, 0.15) is 30.3 Å². The van der Waals surface area contributed by atoms with Crippen LogP contribution in [0.25, 0.3) is 0 Å². The lowest BCUT2D eigenvalue weighted by Gasteiger charge is -2.06. The van der Waals surface area contributed by atoms with Crippen molar-refractivity contribution in [1.82, 2.24) is 15.1 Å². The fourth-order valence-corrected chi connectivity index (χ4v) is 1.90. The van der Waals surface area contributed by atoms with Crippen LogP contribution in [0.5, 0.6) is 5.75 Å². The summed E-state index contributed by atoms with van der Waals surface area (Å²) in [7, 11) is 0. The molecule has 0 radical (unpaired) electrons. The number of carbonyl (C=O) groups is 1. The van der Waals surface area contributed by atoms with Gasteiger partial charge in [0.1, 0.15) is 17.3 Å². The second-order valence-electron chi connectivity index (χ2n) is 4.70. The zero-order valence-corrected chi connectivity index (χ0v) is 12.9. The molecule has 0 saturated carbocycles. The van der Waals surface area contributed by atoms with Crippen LogP contribution >= 0.6 is 11.6 Å². The quantitative estimate of drug-likeness (QED) is 0.795. The lowest BCUT2D eigenvalue weighted by atomic mass is 10.3. The van der Waals surface area contributed by atoms with Crippen molar-refractivity contribution in [3.63, 3.8) is 0 Å². The van der Waals surface area contributed by atoms with E-state index in [0.29, 0.717) is 18.0 Å². The molecule has 1 aromatic heterocycles. The van der Waals surface area contributed by atoms with Gasteiger partial charge in [-0.2, -0.15) is 5.10 Å². The van der Waals surface area contributed by atoms with Crippen LogP contribution in [0.15, 0.2) is 30.5 Å². The molecule has 1 heterocycles. The van der Waals surface area contributed by atoms with Crippen LogP contribution in [-0.4, -0.2) is 22.2 Å². The fraction of sp³-hybridized carbons (Fsp3) is 0.333. The molecule has 1 aromatic carbocycles. The first-order chi connectivity index (χ1) is 10.6. The molecule has 5 nitrogen and oxygen atoms in total. The average molecular weight is 326 g/mol. The molecule has 0 aliphatic rings. The zero-order chi connectivity index (χ0) is 15.9. The van der Waals surface area contributed by atoms with Gasteiger partial charge in [0, 0.05) is 18.8 Å². The molecule has 1 amide bonds. The third-order valence-corrected chi connectivity index (χ3v) is 3.23. The molecule has 2 rings (SSSR count). The molecule has 0 atom stereocenters. The third-order valence-electron chi connectivity index (χ3n) is 2.94. The van der Waals surface area contributed by atoms with Crippen LogP contribution in [0, 0.1) is 5.82 Å². The minimum Gasteiger partial charge on any atom is -0.471 e. The number of ether oxygens (including phenoxy) is 1. The van der Waals surface area contributed by atoms with E-state index in [2.05, 4.69) is 17.3 Å². The van der Waals surface area contributed by atoms with E-state index in [1.807, 2.05) is 0 Å². The number of halogens is 2. The van der Waals surface area contributed by atoms with E-state index in [-0.39, 0.29) is 17.7 Å². The molecule has 7 heteroatoms. The first-order valence-corrected chi connectivity index (χ1v) is 7.37. The first kappa shape index (κ1) is 16.3. The summed E-state index contributed by atoms with van der Waals surface area (Å²) >= 11 is 5.67. The van der Waals surface area contributed by atoms with Gasteiger partial charge < -0.3 is 10.1 Å². The van der Waals surface area contributed by atoms with E-state index in [1.165, 1.54) is 22.9 Å². The predicted octanol–water partition coefficient (Wildman–Crippen LogP) is 3.24.